The second kappa shape index (κ2) is 18.9. The van der Waals surface area contributed by atoms with E-state index in [2.05, 4.69) is 34.6 Å². The standard InChI is InChI=1S/C25H42O6S2/c1-26-31-30-20-22-23(32-2)18-21(19-24(22)33-3)12-8-6-4-5-7-10-14-27-16-17-29-25-13-9-11-15-28-25/h18-19,25H,4-17,20H2,1-3H3. The Morgan fingerprint density at radius 2 is 1.64 bits per heavy atom. The van der Waals surface area contributed by atoms with Gasteiger partial charge in [-0.2, -0.15) is 0 Å². The number of aryl methyl sites for hydroxylation is 1. The van der Waals surface area contributed by atoms with Gasteiger partial charge in [-0.25, -0.2) is 9.78 Å². The van der Waals surface area contributed by atoms with E-state index in [1.165, 1.54) is 61.0 Å². The highest BCUT2D eigenvalue weighted by molar-refractivity contribution is 7.99. The molecule has 1 aliphatic heterocycles. The first-order valence-electron chi connectivity index (χ1n) is 12.2. The van der Waals surface area contributed by atoms with Crippen molar-refractivity contribution < 1.29 is 29.0 Å². The lowest BCUT2D eigenvalue weighted by molar-refractivity contribution is -0.508. The monoisotopic (exact) mass is 502 g/mol. The van der Waals surface area contributed by atoms with E-state index in [4.69, 9.17) is 19.1 Å². The van der Waals surface area contributed by atoms with Gasteiger partial charge < -0.3 is 14.2 Å². The Morgan fingerprint density at radius 1 is 0.909 bits per heavy atom. The zero-order valence-corrected chi connectivity index (χ0v) is 22.2. The van der Waals surface area contributed by atoms with E-state index < -0.39 is 0 Å². The summed E-state index contributed by atoms with van der Waals surface area (Å²) in [5.74, 6) is 0. The van der Waals surface area contributed by atoms with Crippen LogP contribution in [-0.4, -0.2) is 52.3 Å². The fraction of sp³-hybridized carbons (Fsp3) is 0.760. The second-order valence-corrected chi connectivity index (χ2v) is 9.82. The molecular weight excluding hydrogens is 460 g/mol. The predicted molar refractivity (Wildman–Crippen MR) is 135 cm³/mol. The quantitative estimate of drug-likeness (QED) is 0.0910. The molecule has 0 aliphatic carbocycles. The van der Waals surface area contributed by atoms with Gasteiger partial charge in [-0.05, 0) is 68.7 Å². The fourth-order valence-electron chi connectivity index (χ4n) is 3.88. The van der Waals surface area contributed by atoms with Crippen LogP contribution in [-0.2, 0) is 42.1 Å². The molecule has 33 heavy (non-hydrogen) atoms. The molecule has 2 rings (SSSR count). The van der Waals surface area contributed by atoms with Crippen molar-refractivity contribution in [2.45, 2.75) is 86.9 Å². The normalized spacial score (nSPS) is 16.4. The first kappa shape index (κ1) is 28.9. The maximum absolute atomic E-state index is 5.69. The average molecular weight is 503 g/mol. The molecule has 1 aromatic carbocycles. The lowest BCUT2D eigenvalue weighted by Gasteiger charge is -2.22. The molecule has 1 heterocycles. The lowest BCUT2D eigenvalue weighted by atomic mass is 10.0. The molecule has 8 heteroatoms. The second-order valence-electron chi connectivity index (χ2n) is 8.13. The summed E-state index contributed by atoms with van der Waals surface area (Å²) in [6, 6.07) is 4.58. The highest BCUT2D eigenvalue weighted by atomic mass is 32.2. The molecule has 0 bridgehead atoms. The van der Waals surface area contributed by atoms with E-state index in [9.17, 15) is 0 Å². The molecule has 6 nitrogen and oxygen atoms in total. The van der Waals surface area contributed by atoms with Crippen LogP contribution in [0.1, 0.15) is 68.9 Å². The smallest absolute Gasteiger partial charge is 0.157 e. The maximum Gasteiger partial charge on any atom is 0.157 e. The van der Waals surface area contributed by atoms with Crippen LogP contribution >= 0.6 is 23.5 Å². The van der Waals surface area contributed by atoms with Crippen molar-refractivity contribution in [2.75, 3.05) is 46.0 Å². The van der Waals surface area contributed by atoms with Gasteiger partial charge >= 0.3 is 0 Å². The molecule has 1 saturated heterocycles. The molecule has 0 spiro atoms. The van der Waals surface area contributed by atoms with Crippen molar-refractivity contribution in [3.05, 3.63) is 23.3 Å². The topological polar surface area (TPSA) is 55.4 Å². The maximum atomic E-state index is 5.69. The van der Waals surface area contributed by atoms with E-state index in [0.717, 1.165) is 44.5 Å². The number of thioether (sulfide) groups is 2. The number of hydrogen-bond donors (Lipinski definition) is 0. The molecule has 1 fully saturated rings. The molecule has 190 valence electrons. The van der Waals surface area contributed by atoms with Crippen molar-refractivity contribution in [3.63, 3.8) is 0 Å². The van der Waals surface area contributed by atoms with Gasteiger partial charge in [0.05, 0.1) is 20.3 Å². The van der Waals surface area contributed by atoms with Gasteiger partial charge in [-0.1, -0.05) is 30.7 Å². The number of unbranched alkanes of at least 4 members (excludes halogenated alkanes) is 5. The van der Waals surface area contributed by atoms with E-state index in [-0.39, 0.29) is 6.29 Å². The SMILES string of the molecule is COOOCc1c(SC)cc(CCCCCCCCOCCOC2CCCCO2)cc1SC. The largest absolute Gasteiger partial charge is 0.379 e. The molecule has 0 N–H and O–H groups in total. The van der Waals surface area contributed by atoms with Crippen LogP contribution in [0.3, 0.4) is 0 Å². The van der Waals surface area contributed by atoms with Gasteiger partial charge in [0.25, 0.3) is 0 Å². The Bertz CT molecular complexity index is 600. The zero-order valence-electron chi connectivity index (χ0n) is 20.6. The summed E-state index contributed by atoms with van der Waals surface area (Å²) in [5, 5.41) is 4.60. The summed E-state index contributed by atoms with van der Waals surface area (Å²) in [7, 11) is 1.44. The third-order valence-corrected chi connectivity index (χ3v) is 7.27. The average Bonchev–Trinajstić information content (AvgIpc) is 2.85. The molecular formula is C25H42O6S2. The Hall–Kier alpha value is -0.320. The van der Waals surface area contributed by atoms with Crippen molar-refractivity contribution in [1.29, 1.82) is 0 Å². The highest BCUT2D eigenvalue weighted by Gasteiger charge is 2.13. The summed E-state index contributed by atoms with van der Waals surface area (Å²) < 4.78 is 16.9. The predicted octanol–water partition coefficient (Wildman–Crippen LogP) is 6.58. The minimum atomic E-state index is -0.00979. The van der Waals surface area contributed by atoms with Crippen LogP contribution in [0.15, 0.2) is 21.9 Å². The van der Waals surface area contributed by atoms with Gasteiger partial charge in [-0.3, -0.25) is 0 Å². The van der Waals surface area contributed by atoms with Gasteiger partial charge in [-0.15, -0.1) is 23.5 Å². The summed E-state index contributed by atoms with van der Waals surface area (Å²) >= 11 is 3.50. The van der Waals surface area contributed by atoms with Gasteiger partial charge in [0, 0.05) is 28.6 Å². The lowest BCUT2D eigenvalue weighted by Crippen LogP contribution is -2.24. The van der Waals surface area contributed by atoms with Crippen LogP contribution in [0, 0.1) is 0 Å². The van der Waals surface area contributed by atoms with Crippen LogP contribution in [0.2, 0.25) is 0 Å². The molecule has 0 amide bonds. The fourth-order valence-corrected chi connectivity index (χ4v) is 5.31. The first-order valence-corrected chi connectivity index (χ1v) is 14.6. The minimum Gasteiger partial charge on any atom is -0.379 e. The van der Waals surface area contributed by atoms with Crippen molar-refractivity contribution in [2.24, 2.45) is 0 Å². The van der Waals surface area contributed by atoms with Crippen molar-refractivity contribution in [3.8, 4) is 0 Å². The molecule has 0 radical (unpaired) electrons. The highest BCUT2D eigenvalue weighted by Crippen LogP contribution is 2.32. The van der Waals surface area contributed by atoms with Crippen LogP contribution in [0.4, 0.5) is 0 Å². The Labute approximate surface area is 208 Å². The molecule has 0 aromatic heterocycles. The Balaban J connectivity index is 1.51. The summed E-state index contributed by atoms with van der Waals surface area (Å²) in [5.41, 5.74) is 2.56. The third kappa shape index (κ3) is 12.3. The summed E-state index contributed by atoms with van der Waals surface area (Å²) in [4.78, 5) is 12.1. The van der Waals surface area contributed by atoms with E-state index in [1.807, 2.05) is 0 Å². The Kier molecular flexibility index (Phi) is 16.6. The molecule has 1 aliphatic rings. The van der Waals surface area contributed by atoms with Crippen LogP contribution in [0.25, 0.3) is 0 Å². The van der Waals surface area contributed by atoms with Crippen LogP contribution < -0.4 is 0 Å². The zero-order chi connectivity index (χ0) is 23.6. The number of hydrogen-bond acceptors (Lipinski definition) is 8. The van der Waals surface area contributed by atoms with Crippen molar-refractivity contribution in [1.82, 2.24) is 0 Å². The van der Waals surface area contributed by atoms with Crippen molar-refractivity contribution >= 4 is 23.5 Å². The molecule has 1 unspecified atom stereocenters. The number of rotatable bonds is 19. The minimum absolute atomic E-state index is 0.00979. The third-order valence-electron chi connectivity index (χ3n) is 5.66. The molecule has 1 atom stereocenters. The number of ether oxygens (including phenoxy) is 3. The number of benzene rings is 1. The first-order chi connectivity index (χ1) is 16.3. The van der Waals surface area contributed by atoms with E-state index in [1.54, 1.807) is 23.5 Å². The molecule has 1 aromatic rings. The summed E-state index contributed by atoms with van der Waals surface area (Å²) in [6.07, 6.45) is 16.1. The van der Waals surface area contributed by atoms with Gasteiger partial charge in [0.2, 0.25) is 0 Å². The van der Waals surface area contributed by atoms with Gasteiger partial charge in [0.1, 0.15) is 6.61 Å². The van der Waals surface area contributed by atoms with E-state index >= 15 is 0 Å². The van der Waals surface area contributed by atoms with E-state index in [0.29, 0.717) is 19.8 Å². The molecule has 0 saturated carbocycles. The Morgan fingerprint density at radius 3 is 2.30 bits per heavy atom. The van der Waals surface area contributed by atoms with Gasteiger partial charge in [0.15, 0.2) is 6.29 Å². The van der Waals surface area contributed by atoms with Crippen LogP contribution in [0.5, 0.6) is 0 Å². The summed E-state index contributed by atoms with van der Waals surface area (Å²) in [6.45, 7) is 3.34.